The molecule has 8 heteroatoms. The third-order valence-corrected chi connectivity index (χ3v) is 7.65. The van der Waals surface area contributed by atoms with Crippen molar-refractivity contribution in [2.24, 2.45) is 5.73 Å². The lowest BCUT2D eigenvalue weighted by atomic mass is 9.74. The maximum atomic E-state index is 13.9. The van der Waals surface area contributed by atoms with E-state index in [0.717, 1.165) is 38.2 Å². The minimum Gasteiger partial charge on any atom is -0.390 e. The van der Waals surface area contributed by atoms with Crippen LogP contribution in [0.1, 0.15) is 88.8 Å². The number of primary amides is 1. The van der Waals surface area contributed by atoms with Crippen molar-refractivity contribution in [3.63, 3.8) is 0 Å². The second-order valence-corrected chi connectivity index (χ2v) is 11.9. The first kappa shape index (κ1) is 30.7. The van der Waals surface area contributed by atoms with Crippen LogP contribution in [0.5, 0.6) is 0 Å². The van der Waals surface area contributed by atoms with Gasteiger partial charge in [-0.3, -0.25) is 9.59 Å². The Balaban J connectivity index is 1.80. The van der Waals surface area contributed by atoms with E-state index >= 15 is 0 Å². The van der Waals surface area contributed by atoms with Gasteiger partial charge >= 0.3 is 0 Å². The number of halogens is 2. The molecule has 0 aromatic heterocycles. The van der Waals surface area contributed by atoms with E-state index in [9.17, 15) is 23.5 Å². The first-order valence-electron chi connectivity index (χ1n) is 13.9. The summed E-state index contributed by atoms with van der Waals surface area (Å²) in [5.74, 6) is -2.29. The van der Waals surface area contributed by atoms with Gasteiger partial charge in [-0.15, -0.1) is 0 Å². The lowest BCUT2D eigenvalue weighted by molar-refractivity contribution is -0.123. The topological polar surface area (TPSA) is 104 Å². The van der Waals surface area contributed by atoms with E-state index in [4.69, 9.17) is 5.73 Å². The zero-order chi connectivity index (χ0) is 28.6. The van der Waals surface area contributed by atoms with E-state index in [0.29, 0.717) is 5.56 Å². The number of carbonyl (C=O) groups is 2. The van der Waals surface area contributed by atoms with Gasteiger partial charge in [-0.25, -0.2) is 8.78 Å². The molecule has 0 heterocycles. The van der Waals surface area contributed by atoms with Crippen LogP contribution in [0.4, 0.5) is 8.78 Å². The standard InChI is InChI=1S/C31H43F2N3O3/c1-30(2,3)22-9-7-10-23(18-22)31(13-5-4-6-14-31)35-20-27(37)26(36-29(39)12-8-11-28(34)38)17-21-15-24(32)19-25(33)16-21/h7,9-10,15-16,18-19,26-27,35,37H,4-6,8,11-14,17,20H2,1-3H3,(H2,34,38)(H,36,39)/t26-,27+/m0/s1. The molecule has 2 atom stereocenters. The predicted molar refractivity (Wildman–Crippen MR) is 149 cm³/mol. The quantitative estimate of drug-likeness (QED) is 0.310. The molecule has 0 bridgehead atoms. The van der Waals surface area contributed by atoms with Crippen molar-refractivity contribution < 1.29 is 23.5 Å². The largest absolute Gasteiger partial charge is 0.390 e. The summed E-state index contributed by atoms with van der Waals surface area (Å²) in [6, 6.07) is 11.0. The number of carbonyl (C=O) groups excluding carboxylic acids is 2. The average molecular weight is 544 g/mol. The minimum absolute atomic E-state index is 0.00446. The van der Waals surface area contributed by atoms with Crippen LogP contribution in [0.2, 0.25) is 0 Å². The average Bonchev–Trinajstić information content (AvgIpc) is 2.86. The van der Waals surface area contributed by atoms with Crippen LogP contribution < -0.4 is 16.4 Å². The molecular formula is C31H43F2N3O3. The lowest BCUT2D eigenvalue weighted by Gasteiger charge is -2.41. The molecule has 39 heavy (non-hydrogen) atoms. The van der Waals surface area contributed by atoms with Crippen LogP contribution in [-0.4, -0.2) is 35.6 Å². The van der Waals surface area contributed by atoms with Crippen LogP contribution in [0.25, 0.3) is 0 Å². The van der Waals surface area contributed by atoms with Crippen molar-refractivity contribution in [1.82, 2.24) is 10.6 Å². The number of benzene rings is 2. The van der Waals surface area contributed by atoms with Crippen molar-refractivity contribution in [3.8, 4) is 0 Å². The number of nitrogens with two attached hydrogens (primary N) is 1. The first-order valence-corrected chi connectivity index (χ1v) is 13.9. The van der Waals surface area contributed by atoms with E-state index in [2.05, 4.69) is 55.7 Å². The molecule has 6 nitrogen and oxygen atoms in total. The van der Waals surface area contributed by atoms with Gasteiger partial charge < -0.3 is 21.5 Å². The van der Waals surface area contributed by atoms with Gasteiger partial charge in [0.25, 0.3) is 0 Å². The third-order valence-electron chi connectivity index (χ3n) is 7.65. The SMILES string of the molecule is CC(C)(C)c1cccc(C2(NC[C@@H](O)[C@H](Cc3cc(F)cc(F)c3)NC(=O)CCCC(N)=O)CCCCC2)c1. The van der Waals surface area contributed by atoms with Gasteiger partial charge in [0, 0.05) is 31.0 Å². The van der Waals surface area contributed by atoms with Crippen molar-refractivity contribution in [1.29, 1.82) is 0 Å². The minimum atomic E-state index is -1.03. The molecule has 0 saturated heterocycles. The molecule has 3 rings (SSSR count). The first-order chi connectivity index (χ1) is 18.4. The van der Waals surface area contributed by atoms with E-state index in [1.807, 2.05) is 0 Å². The fraction of sp³-hybridized carbons (Fsp3) is 0.548. The molecule has 5 N–H and O–H groups in total. The van der Waals surface area contributed by atoms with Crippen LogP contribution in [-0.2, 0) is 27.0 Å². The molecular weight excluding hydrogens is 500 g/mol. The molecule has 1 aliphatic rings. The molecule has 214 valence electrons. The van der Waals surface area contributed by atoms with Gasteiger partial charge in [0.2, 0.25) is 11.8 Å². The van der Waals surface area contributed by atoms with Crippen molar-refractivity contribution in [2.75, 3.05) is 6.54 Å². The normalized spacial score (nSPS) is 16.9. The Morgan fingerprint density at radius 3 is 2.31 bits per heavy atom. The van der Waals surface area contributed by atoms with Gasteiger partial charge in [-0.05, 0) is 59.9 Å². The highest BCUT2D eigenvalue weighted by Crippen LogP contribution is 2.38. The molecule has 0 spiro atoms. The number of hydrogen-bond donors (Lipinski definition) is 4. The Hall–Kier alpha value is -2.84. The number of amides is 2. The molecule has 0 aliphatic heterocycles. The van der Waals surface area contributed by atoms with Gasteiger partial charge in [0.15, 0.2) is 0 Å². The number of hydrogen-bond acceptors (Lipinski definition) is 4. The monoisotopic (exact) mass is 543 g/mol. The highest BCUT2D eigenvalue weighted by Gasteiger charge is 2.35. The molecule has 2 amide bonds. The maximum Gasteiger partial charge on any atom is 0.220 e. The second kappa shape index (κ2) is 13.5. The van der Waals surface area contributed by atoms with Crippen molar-refractivity contribution in [2.45, 2.75) is 102 Å². The summed E-state index contributed by atoms with van der Waals surface area (Å²) in [5.41, 5.74) is 7.60. The molecule has 1 fully saturated rings. The summed E-state index contributed by atoms with van der Waals surface area (Å²) in [4.78, 5) is 23.7. The van der Waals surface area contributed by atoms with Crippen LogP contribution in [0.3, 0.4) is 0 Å². The van der Waals surface area contributed by atoms with Gasteiger partial charge in [0.05, 0.1) is 12.1 Å². The highest BCUT2D eigenvalue weighted by atomic mass is 19.1. The number of aliphatic hydroxyl groups excluding tert-OH is 1. The second-order valence-electron chi connectivity index (χ2n) is 11.9. The van der Waals surface area contributed by atoms with Crippen molar-refractivity contribution >= 4 is 11.8 Å². The summed E-state index contributed by atoms with van der Waals surface area (Å²) < 4.78 is 27.8. The Kier molecular flexibility index (Phi) is 10.6. The molecule has 0 unspecified atom stereocenters. The zero-order valence-corrected chi connectivity index (χ0v) is 23.4. The van der Waals surface area contributed by atoms with Gasteiger partial charge in [-0.1, -0.05) is 64.3 Å². The van der Waals surface area contributed by atoms with Crippen LogP contribution in [0.15, 0.2) is 42.5 Å². The lowest BCUT2D eigenvalue weighted by Crippen LogP contribution is -2.53. The van der Waals surface area contributed by atoms with Gasteiger partial charge in [0.1, 0.15) is 11.6 Å². The smallest absolute Gasteiger partial charge is 0.220 e. The zero-order valence-electron chi connectivity index (χ0n) is 23.4. The number of aliphatic hydroxyl groups is 1. The van der Waals surface area contributed by atoms with Crippen LogP contribution in [0, 0.1) is 11.6 Å². The summed E-state index contributed by atoms with van der Waals surface area (Å²) in [6.45, 7) is 6.73. The Bertz CT molecular complexity index is 1110. The molecule has 0 radical (unpaired) electrons. The van der Waals surface area contributed by atoms with E-state index in [1.165, 1.54) is 23.3 Å². The Morgan fingerprint density at radius 1 is 1.03 bits per heavy atom. The third kappa shape index (κ3) is 9.11. The van der Waals surface area contributed by atoms with E-state index < -0.39 is 29.7 Å². The van der Waals surface area contributed by atoms with Crippen LogP contribution >= 0.6 is 0 Å². The molecule has 2 aromatic rings. The molecule has 1 aliphatic carbocycles. The summed E-state index contributed by atoms with van der Waals surface area (Å²) in [7, 11) is 0. The highest BCUT2D eigenvalue weighted by molar-refractivity contribution is 5.78. The molecule has 1 saturated carbocycles. The summed E-state index contributed by atoms with van der Waals surface area (Å²) in [6.07, 6.45) is 4.56. The fourth-order valence-electron chi connectivity index (χ4n) is 5.42. The fourth-order valence-corrected chi connectivity index (χ4v) is 5.42. The summed E-state index contributed by atoms with van der Waals surface area (Å²) in [5, 5.41) is 17.8. The van der Waals surface area contributed by atoms with E-state index in [1.54, 1.807) is 0 Å². The maximum absolute atomic E-state index is 13.9. The summed E-state index contributed by atoms with van der Waals surface area (Å²) >= 11 is 0. The van der Waals surface area contributed by atoms with Gasteiger partial charge in [-0.2, -0.15) is 0 Å². The molecule has 2 aromatic carbocycles. The number of rotatable bonds is 12. The Labute approximate surface area is 230 Å². The number of nitrogens with one attached hydrogen (secondary N) is 2. The van der Waals surface area contributed by atoms with E-state index in [-0.39, 0.29) is 49.1 Å². The Morgan fingerprint density at radius 2 is 1.69 bits per heavy atom. The van der Waals surface area contributed by atoms with Crippen molar-refractivity contribution in [3.05, 3.63) is 70.8 Å². The predicted octanol–water partition coefficient (Wildman–Crippen LogP) is 4.76.